The van der Waals surface area contributed by atoms with Gasteiger partial charge in [-0.15, -0.1) is 0 Å². The molecule has 1 unspecified atom stereocenters. The van der Waals surface area contributed by atoms with Gasteiger partial charge in [0, 0.05) is 12.6 Å². The van der Waals surface area contributed by atoms with Crippen molar-refractivity contribution < 1.29 is 9.90 Å². The van der Waals surface area contributed by atoms with Crippen LogP contribution in [0, 0.1) is 0 Å². The van der Waals surface area contributed by atoms with E-state index >= 15 is 0 Å². The second kappa shape index (κ2) is 3.66. The molecule has 0 aliphatic heterocycles. The van der Waals surface area contributed by atoms with E-state index in [4.69, 9.17) is 10.8 Å². The number of hydrogen-bond donors (Lipinski definition) is 3. The highest BCUT2D eigenvalue weighted by Gasteiger charge is 2.14. The van der Waals surface area contributed by atoms with Gasteiger partial charge in [0.25, 0.3) is 0 Å². The van der Waals surface area contributed by atoms with Crippen molar-refractivity contribution in [3.05, 3.63) is 24.2 Å². The first-order valence-corrected chi connectivity index (χ1v) is 4.44. The SMILES string of the molecule is NC(Cc1ccnc2nc[nH]c12)C(=O)O. The molecule has 0 spiro atoms. The molecule has 15 heavy (non-hydrogen) atoms. The molecule has 0 radical (unpaired) electrons. The zero-order valence-corrected chi connectivity index (χ0v) is 7.84. The first kappa shape index (κ1) is 9.60. The number of nitrogens with two attached hydrogens (primary N) is 1. The smallest absolute Gasteiger partial charge is 0.320 e. The van der Waals surface area contributed by atoms with Gasteiger partial charge in [-0.3, -0.25) is 4.79 Å². The van der Waals surface area contributed by atoms with Crippen molar-refractivity contribution in [3.8, 4) is 0 Å². The van der Waals surface area contributed by atoms with Crippen LogP contribution in [0.3, 0.4) is 0 Å². The lowest BCUT2D eigenvalue weighted by molar-refractivity contribution is -0.138. The van der Waals surface area contributed by atoms with Gasteiger partial charge in [0.15, 0.2) is 5.65 Å². The molecular weight excluding hydrogens is 196 g/mol. The molecule has 0 fully saturated rings. The second-order valence-corrected chi connectivity index (χ2v) is 3.22. The van der Waals surface area contributed by atoms with Crippen molar-refractivity contribution in [1.29, 1.82) is 0 Å². The van der Waals surface area contributed by atoms with Gasteiger partial charge < -0.3 is 15.8 Å². The fourth-order valence-corrected chi connectivity index (χ4v) is 1.40. The Morgan fingerprint density at radius 3 is 3.13 bits per heavy atom. The predicted octanol–water partition coefficient (Wildman–Crippen LogP) is -0.0877. The summed E-state index contributed by atoms with van der Waals surface area (Å²) in [5, 5.41) is 8.70. The largest absolute Gasteiger partial charge is 0.480 e. The number of aromatic nitrogens is 3. The number of rotatable bonds is 3. The van der Waals surface area contributed by atoms with E-state index in [2.05, 4.69) is 15.0 Å². The molecule has 6 nitrogen and oxygen atoms in total. The number of aromatic amines is 1. The van der Waals surface area contributed by atoms with Gasteiger partial charge in [0.1, 0.15) is 6.04 Å². The van der Waals surface area contributed by atoms with E-state index in [0.29, 0.717) is 5.65 Å². The predicted molar refractivity (Wildman–Crippen MR) is 53.2 cm³/mol. The fraction of sp³-hybridized carbons (Fsp3) is 0.222. The topological polar surface area (TPSA) is 105 Å². The maximum Gasteiger partial charge on any atom is 0.320 e. The van der Waals surface area contributed by atoms with Crippen molar-refractivity contribution in [2.75, 3.05) is 0 Å². The molecule has 78 valence electrons. The van der Waals surface area contributed by atoms with E-state index in [1.165, 1.54) is 6.33 Å². The summed E-state index contributed by atoms with van der Waals surface area (Å²) >= 11 is 0. The Balaban J connectivity index is 2.35. The highest BCUT2D eigenvalue weighted by molar-refractivity contribution is 5.77. The maximum absolute atomic E-state index is 10.6. The normalized spacial score (nSPS) is 12.9. The lowest BCUT2D eigenvalue weighted by Crippen LogP contribution is -2.32. The van der Waals surface area contributed by atoms with Gasteiger partial charge in [-0.05, 0) is 11.6 Å². The Labute approximate surface area is 85.2 Å². The van der Waals surface area contributed by atoms with Crippen LogP contribution in [0.15, 0.2) is 18.6 Å². The fourth-order valence-electron chi connectivity index (χ4n) is 1.40. The number of carbonyl (C=O) groups is 1. The first-order chi connectivity index (χ1) is 7.18. The molecule has 0 bridgehead atoms. The number of H-pyrrole nitrogens is 1. The molecule has 0 aromatic carbocycles. The van der Waals surface area contributed by atoms with Gasteiger partial charge in [-0.25, -0.2) is 9.97 Å². The molecule has 2 heterocycles. The zero-order valence-electron chi connectivity index (χ0n) is 7.84. The number of nitrogens with zero attached hydrogens (tertiary/aromatic N) is 2. The summed E-state index contributed by atoms with van der Waals surface area (Å²) in [7, 11) is 0. The van der Waals surface area contributed by atoms with Crippen molar-refractivity contribution >= 4 is 17.1 Å². The van der Waals surface area contributed by atoms with Gasteiger partial charge in [-0.2, -0.15) is 0 Å². The molecule has 2 aromatic rings. The van der Waals surface area contributed by atoms with Gasteiger partial charge in [0.05, 0.1) is 11.8 Å². The highest BCUT2D eigenvalue weighted by Crippen LogP contribution is 2.13. The molecule has 0 aliphatic carbocycles. The highest BCUT2D eigenvalue weighted by atomic mass is 16.4. The minimum atomic E-state index is -1.01. The molecule has 0 amide bonds. The third kappa shape index (κ3) is 1.79. The van der Waals surface area contributed by atoms with E-state index < -0.39 is 12.0 Å². The van der Waals surface area contributed by atoms with Crippen LogP contribution in [-0.4, -0.2) is 32.1 Å². The molecule has 0 aliphatic rings. The number of carboxylic acid groups (broad SMARTS) is 1. The van der Waals surface area contributed by atoms with Crippen molar-refractivity contribution in [2.45, 2.75) is 12.5 Å². The summed E-state index contributed by atoms with van der Waals surface area (Å²) in [6, 6.07) is 0.836. The van der Waals surface area contributed by atoms with E-state index in [-0.39, 0.29) is 6.42 Å². The number of imidazole rings is 1. The third-order valence-corrected chi connectivity index (χ3v) is 2.17. The van der Waals surface area contributed by atoms with E-state index in [9.17, 15) is 4.79 Å². The van der Waals surface area contributed by atoms with E-state index in [0.717, 1.165) is 11.1 Å². The number of fused-ring (bicyclic) bond motifs is 1. The number of nitrogens with one attached hydrogen (secondary N) is 1. The van der Waals surface area contributed by atoms with Crippen LogP contribution in [0.4, 0.5) is 0 Å². The van der Waals surface area contributed by atoms with Crippen molar-refractivity contribution in [3.63, 3.8) is 0 Å². The summed E-state index contributed by atoms with van der Waals surface area (Å²) in [6.07, 6.45) is 3.37. The van der Waals surface area contributed by atoms with Crippen molar-refractivity contribution in [2.24, 2.45) is 5.73 Å². The number of pyridine rings is 1. The van der Waals surface area contributed by atoms with Crippen LogP contribution in [0.1, 0.15) is 5.56 Å². The Hall–Kier alpha value is -1.95. The van der Waals surface area contributed by atoms with E-state index in [1.807, 2.05) is 0 Å². The third-order valence-electron chi connectivity index (χ3n) is 2.17. The summed E-state index contributed by atoms with van der Waals surface area (Å²) in [4.78, 5) is 21.5. The summed E-state index contributed by atoms with van der Waals surface area (Å²) < 4.78 is 0. The minimum absolute atomic E-state index is 0.260. The van der Waals surface area contributed by atoms with Crippen LogP contribution < -0.4 is 5.73 Å². The quantitative estimate of drug-likeness (QED) is 0.651. The monoisotopic (exact) mass is 206 g/mol. The average Bonchev–Trinajstić information content (AvgIpc) is 2.66. The van der Waals surface area contributed by atoms with Crippen LogP contribution >= 0.6 is 0 Å². The molecule has 2 rings (SSSR count). The van der Waals surface area contributed by atoms with Gasteiger partial charge >= 0.3 is 5.97 Å². The van der Waals surface area contributed by atoms with Crippen molar-refractivity contribution in [1.82, 2.24) is 15.0 Å². The Bertz CT molecular complexity index is 494. The van der Waals surface area contributed by atoms with Crippen LogP contribution in [0.2, 0.25) is 0 Å². The van der Waals surface area contributed by atoms with E-state index in [1.54, 1.807) is 12.3 Å². The average molecular weight is 206 g/mol. The number of aliphatic carboxylic acids is 1. The molecule has 2 aromatic heterocycles. The lowest BCUT2D eigenvalue weighted by atomic mass is 10.1. The lowest BCUT2D eigenvalue weighted by Gasteiger charge is -2.06. The van der Waals surface area contributed by atoms with Crippen LogP contribution in [-0.2, 0) is 11.2 Å². The van der Waals surface area contributed by atoms with Gasteiger partial charge in [-0.1, -0.05) is 0 Å². The Morgan fingerprint density at radius 2 is 2.40 bits per heavy atom. The molecule has 0 saturated heterocycles. The first-order valence-electron chi connectivity index (χ1n) is 4.44. The summed E-state index contributed by atoms with van der Waals surface area (Å²) in [5.41, 5.74) is 7.59. The molecule has 4 N–H and O–H groups in total. The molecule has 1 atom stereocenters. The Kier molecular flexibility index (Phi) is 2.34. The van der Waals surface area contributed by atoms with Gasteiger partial charge in [0.2, 0.25) is 0 Å². The number of carboxylic acids is 1. The minimum Gasteiger partial charge on any atom is -0.480 e. The number of hydrogen-bond acceptors (Lipinski definition) is 4. The standard InChI is InChI=1S/C9H10N4O2/c10-6(9(14)15)3-5-1-2-11-8-7(5)12-4-13-8/h1-2,4,6H,3,10H2,(H,14,15)(H,11,12,13). The summed E-state index contributed by atoms with van der Waals surface area (Å²) in [6.45, 7) is 0. The van der Waals surface area contributed by atoms with Crippen LogP contribution in [0.5, 0.6) is 0 Å². The maximum atomic E-state index is 10.6. The van der Waals surface area contributed by atoms with Crippen LogP contribution in [0.25, 0.3) is 11.2 Å². The zero-order chi connectivity index (χ0) is 10.8. The second-order valence-electron chi connectivity index (χ2n) is 3.22. The molecule has 6 heteroatoms. The molecular formula is C9H10N4O2. The summed E-state index contributed by atoms with van der Waals surface area (Å²) in [5.74, 6) is -1.01. The molecule has 0 saturated carbocycles. The Morgan fingerprint density at radius 1 is 1.60 bits per heavy atom.